The number of imide groups is 1. The van der Waals surface area contributed by atoms with Crippen LogP contribution in [-0.2, 0) is 19.6 Å². The molecule has 4 N–H and O–H groups in total. The first-order valence-electron chi connectivity index (χ1n) is 20.2. The minimum Gasteiger partial charge on any atom is -0.372 e. The number of benzene rings is 3. The summed E-state index contributed by atoms with van der Waals surface area (Å²) in [5.74, 6) is -0.767. The van der Waals surface area contributed by atoms with Crippen LogP contribution in [0.25, 0.3) is 32.4 Å². The summed E-state index contributed by atoms with van der Waals surface area (Å²) in [5.41, 5.74) is 10.9. The second-order valence-corrected chi connectivity index (χ2v) is 18.3. The fourth-order valence-corrected chi connectivity index (χ4v) is 10.4. The van der Waals surface area contributed by atoms with E-state index in [0.717, 1.165) is 75.5 Å². The molecule has 0 unspecified atom stereocenters. The molecule has 3 aliphatic rings. The predicted molar refractivity (Wildman–Crippen MR) is 231 cm³/mol. The molecule has 13 nitrogen and oxygen atoms in total. The molecule has 0 radical (unpaired) electrons. The SMILES string of the molecule is CCCS(=O)(=O)Nc1cccc(-c2nc(-c3ccc(N4CCN(CC5CCN(c6ccc([C@H]7CCC(=O)NC7=O)cc6)CC5)CC4)cc3)sc2-c2ccnc(N)n2)c1F. The van der Waals surface area contributed by atoms with E-state index >= 15 is 4.39 Å². The van der Waals surface area contributed by atoms with Crippen molar-refractivity contribution in [3.63, 3.8) is 0 Å². The summed E-state index contributed by atoms with van der Waals surface area (Å²) in [7, 11) is -3.72. The first kappa shape index (κ1) is 40.3. The van der Waals surface area contributed by atoms with Gasteiger partial charge in [-0.15, -0.1) is 11.3 Å². The largest absolute Gasteiger partial charge is 0.372 e. The van der Waals surface area contributed by atoms with Crippen LogP contribution in [0.15, 0.2) is 79.0 Å². The maximum absolute atomic E-state index is 16.0. The molecule has 0 bridgehead atoms. The molecule has 2 aromatic heterocycles. The number of hydrogen-bond acceptors (Lipinski definition) is 12. The smallest absolute Gasteiger partial charge is 0.234 e. The molecule has 8 rings (SSSR count). The number of halogens is 1. The van der Waals surface area contributed by atoms with E-state index in [1.165, 1.54) is 23.1 Å². The van der Waals surface area contributed by atoms with E-state index in [0.29, 0.717) is 46.5 Å². The number of nitrogens with one attached hydrogen (secondary N) is 2. The fraction of sp³-hybridized carbons (Fsp3) is 0.372. The number of amides is 2. The maximum atomic E-state index is 16.0. The number of piperazine rings is 1. The van der Waals surface area contributed by atoms with Crippen molar-refractivity contribution < 1.29 is 22.4 Å². The predicted octanol–water partition coefficient (Wildman–Crippen LogP) is 6.37. The standard InChI is InChI=1S/C43H48FN9O4S2/c1-2-26-59(56,57)50-35-5-3-4-34(38(35)44)39-40(36-16-19-46-43(45)47-36)58-42(49-39)30-8-12-32(13-9-30)53-24-22-51(23-25-53)27-28-17-20-52(21-18-28)31-10-6-29(7-11-31)33-14-15-37(54)48-41(33)55/h3-13,16,19,28,33,50H,2,14-15,17-18,20-27H2,1H3,(H2,45,46,47)(H,48,54,55)/t33-/m1/s1. The quantitative estimate of drug-likeness (QED) is 0.120. The van der Waals surface area contributed by atoms with Crippen molar-refractivity contribution in [1.82, 2.24) is 25.2 Å². The second-order valence-electron chi connectivity index (χ2n) is 15.4. The Labute approximate surface area is 347 Å². The number of rotatable bonds is 12. The number of nitrogen functional groups attached to an aromatic ring is 1. The van der Waals surface area contributed by atoms with Gasteiger partial charge < -0.3 is 15.5 Å². The van der Waals surface area contributed by atoms with Gasteiger partial charge in [0.05, 0.1) is 33.6 Å². The lowest BCUT2D eigenvalue weighted by Crippen LogP contribution is -2.49. The van der Waals surface area contributed by atoms with Gasteiger partial charge in [-0.1, -0.05) is 25.1 Å². The molecular formula is C43H48FN9O4S2. The summed E-state index contributed by atoms with van der Waals surface area (Å²) in [4.78, 5) is 45.2. The van der Waals surface area contributed by atoms with Gasteiger partial charge in [0.25, 0.3) is 0 Å². The van der Waals surface area contributed by atoms with Gasteiger partial charge in [0.1, 0.15) is 5.01 Å². The maximum Gasteiger partial charge on any atom is 0.234 e. The van der Waals surface area contributed by atoms with Crippen LogP contribution in [-0.4, -0.2) is 91.7 Å². The number of sulfonamides is 1. The van der Waals surface area contributed by atoms with Gasteiger partial charge in [-0.05, 0) is 91.8 Å². The van der Waals surface area contributed by atoms with Crippen molar-refractivity contribution in [3.8, 4) is 32.4 Å². The van der Waals surface area contributed by atoms with Crippen LogP contribution in [0.1, 0.15) is 50.5 Å². The summed E-state index contributed by atoms with van der Waals surface area (Å²) >= 11 is 1.36. The van der Waals surface area contributed by atoms with Gasteiger partial charge in [0.2, 0.25) is 27.8 Å². The molecule has 0 saturated carbocycles. The van der Waals surface area contributed by atoms with E-state index in [1.54, 1.807) is 31.3 Å². The highest BCUT2D eigenvalue weighted by Gasteiger charge is 2.29. The van der Waals surface area contributed by atoms with Crippen LogP contribution in [0.5, 0.6) is 0 Å². The Hall–Kier alpha value is -5.45. The Morgan fingerprint density at radius 3 is 2.25 bits per heavy atom. The monoisotopic (exact) mass is 837 g/mol. The summed E-state index contributed by atoms with van der Waals surface area (Å²) in [6.07, 6.45) is 5.16. The van der Waals surface area contributed by atoms with E-state index in [-0.39, 0.29) is 40.7 Å². The van der Waals surface area contributed by atoms with Crippen LogP contribution in [0.2, 0.25) is 0 Å². The Balaban J connectivity index is 0.883. The molecule has 0 aliphatic carbocycles. The molecule has 1 atom stereocenters. The van der Waals surface area contributed by atoms with Crippen LogP contribution >= 0.6 is 11.3 Å². The average Bonchev–Trinajstić information content (AvgIpc) is 3.68. The van der Waals surface area contributed by atoms with Crippen LogP contribution in [0, 0.1) is 11.7 Å². The van der Waals surface area contributed by atoms with Crippen molar-refractivity contribution in [3.05, 3.63) is 90.4 Å². The molecule has 3 aromatic carbocycles. The topological polar surface area (TPSA) is 167 Å². The lowest BCUT2D eigenvalue weighted by Gasteiger charge is -2.40. The molecule has 308 valence electrons. The van der Waals surface area contributed by atoms with Gasteiger partial charge in [-0.2, -0.15) is 0 Å². The first-order chi connectivity index (χ1) is 28.5. The molecule has 5 aromatic rings. The van der Waals surface area contributed by atoms with Gasteiger partial charge in [-0.3, -0.25) is 24.5 Å². The van der Waals surface area contributed by atoms with Crippen LogP contribution in [0.4, 0.5) is 27.4 Å². The number of aromatic nitrogens is 3. The van der Waals surface area contributed by atoms with E-state index in [1.807, 2.05) is 24.3 Å². The average molecular weight is 838 g/mol. The van der Waals surface area contributed by atoms with Crippen molar-refractivity contribution in [2.24, 2.45) is 5.92 Å². The molecule has 2 amide bonds. The molecular weight excluding hydrogens is 790 g/mol. The molecule has 3 saturated heterocycles. The van der Waals surface area contributed by atoms with E-state index in [2.05, 4.69) is 59.0 Å². The second kappa shape index (κ2) is 17.4. The Bertz CT molecular complexity index is 2410. The van der Waals surface area contributed by atoms with E-state index < -0.39 is 15.8 Å². The molecule has 59 heavy (non-hydrogen) atoms. The summed E-state index contributed by atoms with van der Waals surface area (Å²) in [6.45, 7) is 8.69. The highest BCUT2D eigenvalue weighted by molar-refractivity contribution is 7.92. The number of carbonyl (C=O) groups is 2. The third kappa shape index (κ3) is 9.24. The van der Waals surface area contributed by atoms with Crippen molar-refractivity contribution >= 4 is 56.2 Å². The Morgan fingerprint density at radius 1 is 0.881 bits per heavy atom. The Morgan fingerprint density at radius 2 is 1.58 bits per heavy atom. The number of carbonyl (C=O) groups excluding carboxylic acids is 2. The number of thiazole rings is 1. The highest BCUT2D eigenvalue weighted by Crippen LogP contribution is 2.42. The van der Waals surface area contributed by atoms with E-state index in [9.17, 15) is 18.0 Å². The third-order valence-electron chi connectivity index (χ3n) is 11.4. The molecule has 16 heteroatoms. The Kier molecular flexibility index (Phi) is 11.9. The van der Waals surface area contributed by atoms with Gasteiger partial charge >= 0.3 is 0 Å². The van der Waals surface area contributed by atoms with Crippen LogP contribution in [0.3, 0.4) is 0 Å². The van der Waals surface area contributed by atoms with Crippen LogP contribution < -0.4 is 25.6 Å². The molecule has 5 heterocycles. The summed E-state index contributed by atoms with van der Waals surface area (Å²) < 4.78 is 43.5. The highest BCUT2D eigenvalue weighted by atomic mass is 32.2. The van der Waals surface area contributed by atoms with E-state index in [4.69, 9.17) is 10.7 Å². The molecule has 3 fully saturated rings. The fourth-order valence-electron chi connectivity index (χ4n) is 8.25. The van der Waals surface area contributed by atoms with Gasteiger partial charge in [0, 0.05) is 80.9 Å². The lowest BCUT2D eigenvalue weighted by atomic mass is 9.90. The zero-order chi connectivity index (χ0) is 41.1. The first-order valence-corrected chi connectivity index (χ1v) is 22.7. The van der Waals surface area contributed by atoms with Crippen molar-refractivity contribution in [2.75, 3.05) is 71.8 Å². The normalized spacial score (nSPS) is 18.2. The number of piperidine rings is 2. The number of nitrogens with zero attached hydrogens (tertiary/aromatic N) is 6. The molecule has 0 spiro atoms. The van der Waals surface area contributed by atoms with Crippen molar-refractivity contribution in [1.29, 1.82) is 0 Å². The zero-order valence-corrected chi connectivity index (χ0v) is 34.6. The minimum absolute atomic E-state index is 0.0764. The number of hydrogen-bond donors (Lipinski definition) is 3. The number of nitrogens with two attached hydrogens (primary N) is 1. The van der Waals surface area contributed by atoms with Crippen molar-refractivity contribution in [2.45, 2.75) is 44.9 Å². The van der Waals surface area contributed by atoms with Gasteiger partial charge in [0.15, 0.2) is 5.82 Å². The zero-order valence-electron chi connectivity index (χ0n) is 32.9. The van der Waals surface area contributed by atoms with Gasteiger partial charge in [-0.25, -0.2) is 27.8 Å². The lowest BCUT2D eigenvalue weighted by molar-refractivity contribution is -0.134. The summed E-state index contributed by atoms with van der Waals surface area (Å²) in [5, 5.41) is 3.12. The number of anilines is 4. The summed E-state index contributed by atoms with van der Waals surface area (Å²) in [6, 6.07) is 22.8. The third-order valence-corrected chi connectivity index (χ3v) is 14.0. The minimum atomic E-state index is -3.72. The molecule has 3 aliphatic heterocycles.